The van der Waals surface area contributed by atoms with Crippen LogP contribution in [0.3, 0.4) is 0 Å². The fourth-order valence-corrected chi connectivity index (χ4v) is 4.02. The Morgan fingerprint density at radius 3 is 3.00 bits per heavy atom. The van der Waals surface area contributed by atoms with E-state index in [1.807, 2.05) is 24.0 Å². The van der Waals surface area contributed by atoms with Gasteiger partial charge in [-0.2, -0.15) is 5.10 Å². The quantitative estimate of drug-likeness (QED) is 0.936. The number of rotatable bonds is 3. The van der Waals surface area contributed by atoms with E-state index >= 15 is 0 Å². The molecule has 5 heteroatoms. The highest BCUT2D eigenvalue weighted by Gasteiger charge is 2.31. The zero-order valence-corrected chi connectivity index (χ0v) is 14.7. The maximum atomic E-state index is 13.2. The minimum Gasteiger partial charge on any atom is -0.369 e. The lowest BCUT2D eigenvalue weighted by Crippen LogP contribution is -2.40. The highest BCUT2D eigenvalue weighted by atomic mass is 16.2. The number of amides is 1. The Hall–Kier alpha value is -2.43. The van der Waals surface area contributed by atoms with Crippen LogP contribution in [0.1, 0.15) is 48.1 Å². The Labute approximate surface area is 148 Å². The molecule has 1 amide bonds. The third kappa shape index (κ3) is 3.11. The van der Waals surface area contributed by atoms with Gasteiger partial charge >= 0.3 is 0 Å². The zero-order chi connectivity index (χ0) is 17.2. The number of aryl methyl sites for hydroxylation is 1. The van der Waals surface area contributed by atoms with Gasteiger partial charge in [-0.15, -0.1) is 5.10 Å². The number of carbonyl (C=O) groups is 1. The van der Waals surface area contributed by atoms with Gasteiger partial charge in [-0.25, -0.2) is 0 Å². The number of nitrogens with one attached hydrogen (secondary N) is 1. The number of aromatic nitrogens is 2. The maximum absolute atomic E-state index is 13.2. The SMILES string of the molecule is CCNc1cc2c(nn1)CCN(C(=O)C1CCCc3ccccc31)C2. The van der Waals surface area contributed by atoms with E-state index in [-0.39, 0.29) is 11.8 Å². The molecule has 2 heterocycles. The summed E-state index contributed by atoms with van der Waals surface area (Å²) >= 11 is 0. The van der Waals surface area contributed by atoms with E-state index in [9.17, 15) is 4.79 Å². The second-order valence-corrected chi connectivity index (χ2v) is 6.89. The lowest BCUT2D eigenvalue weighted by Gasteiger charge is -2.33. The van der Waals surface area contributed by atoms with Crippen LogP contribution in [0.15, 0.2) is 30.3 Å². The van der Waals surface area contributed by atoms with Crippen LogP contribution in [-0.4, -0.2) is 34.1 Å². The van der Waals surface area contributed by atoms with Crippen LogP contribution in [0.5, 0.6) is 0 Å². The summed E-state index contributed by atoms with van der Waals surface area (Å²) in [6, 6.07) is 10.5. The van der Waals surface area contributed by atoms with E-state index in [0.29, 0.717) is 6.54 Å². The molecule has 1 N–H and O–H groups in total. The van der Waals surface area contributed by atoms with Crippen molar-refractivity contribution in [1.29, 1.82) is 0 Å². The molecule has 4 rings (SSSR count). The minimum absolute atomic E-state index is 0.00883. The molecule has 25 heavy (non-hydrogen) atoms. The van der Waals surface area contributed by atoms with Crippen LogP contribution in [0, 0.1) is 0 Å². The highest BCUT2D eigenvalue weighted by Crippen LogP contribution is 2.34. The predicted molar refractivity (Wildman–Crippen MR) is 97.4 cm³/mol. The molecule has 5 nitrogen and oxygen atoms in total. The standard InChI is InChI=1S/C20H24N4O/c1-2-21-19-12-15-13-24(11-10-18(15)22-23-19)20(25)17-9-5-7-14-6-3-4-8-16(14)17/h3-4,6,8,12,17H,2,5,7,9-11,13H2,1H3,(H,21,23). The van der Waals surface area contributed by atoms with Crippen molar-refractivity contribution in [3.05, 3.63) is 52.7 Å². The fourth-order valence-electron chi connectivity index (χ4n) is 4.02. The summed E-state index contributed by atoms with van der Waals surface area (Å²) < 4.78 is 0. The molecule has 0 saturated heterocycles. The first-order chi connectivity index (χ1) is 12.3. The van der Waals surface area contributed by atoms with Gasteiger partial charge < -0.3 is 10.2 Å². The molecule has 2 aliphatic rings. The first-order valence-corrected chi connectivity index (χ1v) is 9.22. The van der Waals surface area contributed by atoms with Crippen molar-refractivity contribution >= 4 is 11.7 Å². The second-order valence-electron chi connectivity index (χ2n) is 6.89. The van der Waals surface area contributed by atoms with Crippen molar-refractivity contribution in [3.8, 4) is 0 Å². The first kappa shape index (κ1) is 16.1. The van der Waals surface area contributed by atoms with Crippen LogP contribution in [0.4, 0.5) is 5.82 Å². The van der Waals surface area contributed by atoms with Crippen molar-refractivity contribution in [3.63, 3.8) is 0 Å². The molecule has 1 aliphatic carbocycles. The Kier molecular flexibility index (Phi) is 4.38. The summed E-state index contributed by atoms with van der Waals surface area (Å²) in [7, 11) is 0. The first-order valence-electron chi connectivity index (χ1n) is 9.22. The third-order valence-corrected chi connectivity index (χ3v) is 5.28. The number of hydrogen-bond acceptors (Lipinski definition) is 4. The van der Waals surface area contributed by atoms with Gasteiger partial charge in [0.05, 0.1) is 11.6 Å². The summed E-state index contributed by atoms with van der Waals surface area (Å²) in [5.41, 5.74) is 4.71. The molecular weight excluding hydrogens is 312 g/mol. The van der Waals surface area contributed by atoms with Gasteiger partial charge in [-0.3, -0.25) is 4.79 Å². The highest BCUT2D eigenvalue weighted by molar-refractivity contribution is 5.84. The van der Waals surface area contributed by atoms with Gasteiger partial charge in [0.1, 0.15) is 5.82 Å². The fraction of sp³-hybridized carbons (Fsp3) is 0.450. The van der Waals surface area contributed by atoms with Gasteiger partial charge in [0.25, 0.3) is 0 Å². The van der Waals surface area contributed by atoms with Crippen LogP contribution in [0.2, 0.25) is 0 Å². The predicted octanol–water partition coefficient (Wildman–Crippen LogP) is 2.91. The Balaban J connectivity index is 1.56. The van der Waals surface area contributed by atoms with Crippen LogP contribution in [0.25, 0.3) is 0 Å². The van der Waals surface area contributed by atoms with Crippen molar-refractivity contribution in [2.75, 3.05) is 18.4 Å². The van der Waals surface area contributed by atoms with Gasteiger partial charge in [-0.1, -0.05) is 24.3 Å². The summed E-state index contributed by atoms with van der Waals surface area (Å²) in [6.45, 7) is 4.23. The monoisotopic (exact) mass is 336 g/mol. The van der Waals surface area contributed by atoms with Crippen LogP contribution < -0.4 is 5.32 Å². The lowest BCUT2D eigenvalue weighted by molar-refractivity contribution is -0.134. The summed E-state index contributed by atoms with van der Waals surface area (Å²) in [4.78, 5) is 15.2. The Morgan fingerprint density at radius 2 is 2.12 bits per heavy atom. The van der Waals surface area contributed by atoms with Gasteiger partial charge in [0.15, 0.2) is 0 Å². The van der Waals surface area contributed by atoms with E-state index in [0.717, 1.165) is 55.8 Å². The molecule has 130 valence electrons. The average Bonchev–Trinajstić information content (AvgIpc) is 2.66. The number of hydrogen-bond donors (Lipinski definition) is 1. The molecule has 0 spiro atoms. The molecule has 1 atom stereocenters. The largest absolute Gasteiger partial charge is 0.369 e. The van der Waals surface area contributed by atoms with Crippen LogP contribution >= 0.6 is 0 Å². The average molecular weight is 336 g/mol. The molecule has 1 aromatic carbocycles. The molecule has 2 aromatic rings. The minimum atomic E-state index is 0.00883. The van der Waals surface area contributed by atoms with Crippen molar-refractivity contribution < 1.29 is 4.79 Å². The zero-order valence-electron chi connectivity index (χ0n) is 14.7. The topological polar surface area (TPSA) is 58.1 Å². The van der Waals surface area contributed by atoms with E-state index in [1.54, 1.807) is 0 Å². The summed E-state index contributed by atoms with van der Waals surface area (Å²) in [6.07, 6.45) is 3.92. The maximum Gasteiger partial charge on any atom is 0.230 e. The molecule has 0 saturated carbocycles. The number of anilines is 1. The lowest BCUT2D eigenvalue weighted by atomic mass is 9.82. The van der Waals surface area contributed by atoms with Gasteiger partial charge in [0.2, 0.25) is 5.91 Å². The Bertz CT molecular complexity index is 789. The van der Waals surface area contributed by atoms with Crippen LogP contribution in [-0.2, 0) is 24.2 Å². The molecule has 1 unspecified atom stereocenters. The number of carbonyl (C=O) groups excluding carboxylic acids is 1. The molecule has 1 aromatic heterocycles. The molecular formula is C20H24N4O. The third-order valence-electron chi connectivity index (χ3n) is 5.28. The number of benzene rings is 1. The molecule has 0 radical (unpaired) electrons. The van der Waals surface area contributed by atoms with Crippen molar-refractivity contribution in [2.45, 2.75) is 45.1 Å². The van der Waals surface area contributed by atoms with Gasteiger partial charge in [-0.05, 0) is 48.9 Å². The smallest absolute Gasteiger partial charge is 0.230 e. The number of nitrogens with zero attached hydrogens (tertiary/aromatic N) is 3. The van der Waals surface area contributed by atoms with E-state index in [4.69, 9.17) is 0 Å². The van der Waals surface area contributed by atoms with Crippen molar-refractivity contribution in [1.82, 2.24) is 15.1 Å². The molecule has 0 fully saturated rings. The second kappa shape index (κ2) is 6.82. The summed E-state index contributed by atoms with van der Waals surface area (Å²) in [5.74, 6) is 1.06. The van der Waals surface area contributed by atoms with E-state index in [2.05, 4.69) is 33.7 Å². The molecule has 0 bridgehead atoms. The number of fused-ring (bicyclic) bond motifs is 2. The van der Waals surface area contributed by atoms with Crippen molar-refractivity contribution in [2.24, 2.45) is 0 Å². The normalized spacial score (nSPS) is 19.1. The van der Waals surface area contributed by atoms with E-state index < -0.39 is 0 Å². The van der Waals surface area contributed by atoms with Gasteiger partial charge in [0, 0.05) is 26.1 Å². The Morgan fingerprint density at radius 1 is 1.24 bits per heavy atom. The summed E-state index contributed by atoms with van der Waals surface area (Å²) in [5, 5.41) is 11.7. The molecule has 1 aliphatic heterocycles. The van der Waals surface area contributed by atoms with E-state index in [1.165, 1.54) is 11.1 Å².